The van der Waals surface area contributed by atoms with E-state index >= 15 is 0 Å². The Bertz CT molecular complexity index is 1060. The first-order valence-corrected chi connectivity index (χ1v) is 9.87. The number of aromatic nitrogens is 1. The number of benzene rings is 2. The number of nitrogens with one attached hydrogen (secondary N) is 1. The molecule has 4 rings (SSSR count). The van der Waals surface area contributed by atoms with Crippen LogP contribution in [0.15, 0.2) is 53.3 Å². The largest absolute Gasteiger partial charge is 0.486 e. The first kappa shape index (κ1) is 19.5. The Morgan fingerprint density at radius 3 is 2.83 bits per heavy atom. The standard InChI is InChI=1S/C23H26N2O4/c1-16-7-8-20-17(11-16)12-18(23(26)25(20)9-10-27-2)13-24-14-19-15-28-21-5-3-4-6-22(21)29-19/h3-8,11-12,19,24H,9-10,13-15H2,1-2H3/t19-/m0/s1. The predicted octanol–water partition coefficient (Wildman–Crippen LogP) is 2.89. The summed E-state index contributed by atoms with van der Waals surface area (Å²) in [5, 5.41) is 4.42. The zero-order valence-corrected chi connectivity index (χ0v) is 16.8. The highest BCUT2D eigenvalue weighted by atomic mass is 16.6. The van der Waals surface area contributed by atoms with Gasteiger partial charge in [-0.3, -0.25) is 4.79 Å². The minimum Gasteiger partial charge on any atom is -0.486 e. The van der Waals surface area contributed by atoms with Crippen molar-refractivity contribution < 1.29 is 14.2 Å². The highest BCUT2D eigenvalue weighted by Crippen LogP contribution is 2.30. The van der Waals surface area contributed by atoms with Gasteiger partial charge in [0, 0.05) is 32.3 Å². The van der Waals surface area contributed by atoms with Gasteiger partial charge in [0.25, 0.3) is 5.56 Å². The van der Waals surface area contributed by atoms with E-state index in [1.165, 1.54) is 5.56 Å². The monoisotopic (exact) mass is 394 g/mol. The maximum Gasteiger partial charge on any atom is 0.255 e. The minimum atomic E-state index is -0.0942. The minimum absolute atomic E-state index is 0.0112. The summed E-state index contributed by atoms with van der Waals surface area (Å²) in [6, 6.07) is 15.8. The summed E-state index contributed by atoms with van der Waals surface area (Å²) in [5.74, 6) is 1.53. The van der Waals surface area contributed by atoms with Crippen molar-refractivity contribution in [2.75, 3.05) is 26.9 Å². The van der Waals surface area contributed by atoms with Crippen molar-refractivity contribution in [3.8, 4) is 11.5 Å². The van der Waals surface area contributed by atoms with E-state index in [1.54, 1.807) is 11.7 Å². The summed E-state index contributed by atoms with van der Waals surface area (Å²) in [5.41, 5.74) is 2.84. The van der Waals surface area contributed by atoms with Gasteiger partial charge in [-0.25, -0.2) is 0 Å². The number of nitrogens with zero attached hydrogens (tertiary/aromatic N) is 1. The van der Waals surface area contributed by atoms with Crippen molar-refractivity contribution >= 4 is 10.9 Å². The third-order valence-corrected chi connectivity index (χ3v) is 5.10. The summed E-state index contributed by atoms with van der Waals surface area (Å²) < 4.78 is 18.7. The van der Waals surface area contributed by atoms with Crippen LogP contribution in [0.1, 0.15) is 11.1 Å². The van der Waals surface area contributed by atoms with Crippen LogP contribution in [0.4, 0.5) is 0 Å². The molecule has 6 heteroatoms. The second-order valence-electron chi connectivity index (χ2n) is 7.31. The normalized spacial score (nSPS) is 15.6. The van der Waals surface area contributed by atoms with Crippen molar-refractivity contribution in [3.05, 3.63) is 70.0 Å². The van der Waals surface area contributed by atoms with E-state index in [9.17, 15) is 4.79 Å². The van der Waals surface area contributed by atoms with Gasteiger partial charge in [0.2, 0.25) is 0 Å². The lowest BCUT2D eigenvalue weighted by Gasteiger charge is -2.26. The molecule has 1 aliphatic rings. The van der Waals surface area contributed by atoms with Crippen LogP contribution < -0.4 is 20.3 Å². The molecule has 1 aromatic heterocycles. The van der Waals surface area contributed by atoms with Gasteiger partial charge >= 0.3 is 0 Å². The Morgan fingerprint density at radius 2 is 2.00 bits per heavy atom. The molecule has 0 fully saturated rings. The molecule has 1 atom stereocenters. The lowest BCUT2D eigenvalue weighted by molar-refractivity contribution is 0.0902. The number of pyridine rings is 1. The van der Waals surface area contributed by atoms with E-state index < -0.39 is 0 Å². The van der Waals surface area contributed by atoms with Crippen LogP contribution in [-0.2, 0) is 17.8 Å². The molecule has 0 radical (unpaired) electrons. The fraction of sp³-hybridized carbons (Fsp3) is 0.348. The average Bonchev–Trinajstić information content (AvgIpc) is 2.73. The summed E-state index contributed by atoms with van der Waals surface area (Å²) >= 11 is 0. The topological polar surface area (TPSA) is 61.7 Å². The van der Waals surface area contributed by atoms with Gasteiger partial charge in [-0.2, -0.15) is 0 Å². The van der Waals surface area contributed by atoms with E-state index in [2.05, 4.69) is 18.3 Å². The number of hydrogen-bond donors (Lipinski definition) is 1. The molecule has 6 nitrogen and oxygen atoms in total. The molecule has 0 bridgehead atoms. The molecule has 2 aromatic carbocycles. The van der Waals surface area contributed by atoms with Gasteiger partial charge in [-0.15, -0.1) is 0 Å². The summed E-state index contributed by atoms with van der Waals surface area (Å²) in [7, 11) is 1.65. The molecular weight excluding hydrogens is 368 g/mol. The molecule has 0 amide bonds. The fourth-order valence-corrected chi connectivity index (χ4v) is 3.63. The van der Waals surface area contributed by atoms with Gasteiger partial charge in [-0.1, -0.05) is 23.8 Å². The molecule has 0 saturated carbocycles. The lowest BCUT2D eigenvalue weighted by atomic mass is 10.1. The Morgan fingerprint density at radius 1 is 1.17 bits per heavy atom. The number of fused-ring (bicyclic) bond motifs is 2. The summed E-state index contributed by atoms with van der Waals surface area (Å²) in [4.78, 5) is 13.0. The third-order valence-electron chi connectivity index (χ3n) is 5.10. The molecular formula is C23H26N2O4. The van der Waals surface area contributed by atoms with E-state index in [-0.39, 0.29) is 11.7 Å². The van der Waals surface area contributed by atoms with Crippen LogP contribution in [0.2, 0.25) is 0 Å². The van der Waals surface area contributed by atoms with Crippen LogP contribution >= 0.6 is 0 Å². The number of methoxy groups -OCH3 is 1. The molecule has 0 aliphatic carbocycles. The Balaban J connectivity index is 1.49. The molecule has 3 aromatic rings. The molecule has 29 heavy (non-hydrogen) atoms. The van der Waals surface area contributed by atoms with Crippen molar-refractivity contribution in [1.82, 2.24) is 9.88 Å². The molecule has 0 saturated heterocycles. The molecule has 152 valence electrons. The Labute approximate surface area is 170 Å². The average molecular weight is 394 g/mol. The van der Waals surface area contributed by atoms with E-state index in [4.69, 9.17) is 14.2 Å². The fourth-order valence-electron chi connectivity index (χ4n) is 3.63. The van der Waals surface area contributed by atoms with Gasteiger partial charge in [-0.05, 0) is 42.6 Å². The molecule has 0 unspecified atom stereocenters. The number of para-hydroxylation sites is 2. The zero-order valence-electron chi connectivity index (χ0n) is 16.8. The Kier molecular flexibility index (Phi) is 5.83. The van der Waals surface area contributed by atoms with Gasteiger partial charge in [0.15, 0.2) is 11.5 Å². The molecule has 1 N–H and O–H groups in total. The zero-order chi connectivity index (χ0) is 20.2. The molecule has 2 heterocycles. The smallest absolute Gasteiger partial charge is 0.255 e. The predicted molar refractivity (Wildman–Crippen MR) is 113 cm³/mol. The van der Waals surface area contributed by atoms with Crippen molar-refractivity contribution in [2.45, 2.75) is 26.1 Å². The first-order chi connectivity index (χ1) is 14.2. The van der Waals surface area contributed by atoms with Crippen molar-refractivity contribution in [3.63, 3.8) is 0 Å². The number of ether oxygens (including phenoxy) is 3. The van der Waals surface area contributed by atoms with E-state index in [1.807, 2.05) is 42.5 Å². The highest BCUT2D eigenvalue weighted by molar-refractivity contribution is 5.80. The maximum absolute atomic E-state index is 13.0. The van der Waals surface area contributed by atoms with Crippen LogP contribution in [0.5, 0.6) is 11.5 Å². The number of rotatable bonds is 7. The van der Waals surface area contributed by atoms with Crippen molar-refractivity contribution in [2.24, 2.45) is 0 Å². The van der Waals surface area contributed by atoms with Crippen molar-refractivity contribution in [1.29, 1.82) is 0 Å². The first-order valence-electron chi connectivity index (χ1n) is 9.87. The second kappa shape index (κ2) is 8.68. The quantitative estimate of drug-likeness (QED) is 0.668. The van der Waals surface area contributed by atoms with E-state index in [0.29, 0.717) is 32.8 Å². The summed E-state index contributed by atoms with van der Waals surface area (Å²) in [6.45, 7) is 4.62. The van der Waals surface area contributed by atoms with Crippen LogP contribution in [-0.4, -0.2) is 37.5 Å². The number of aryl methyl sites for hydroxylation is 1. The Hall–Kier alpha value is -2.83. The van der Waals surface area contributed by atoms with Gasteiger partial charge in [0.1, 0.15) is 12.7 Å². The van der Waals surface area contributed by atoms with Gasteiger partial charge < -0.3 is 24.1 Å². The summed E-state index contributed by atoms with van der Waals surface area (Å²) in [6.07, 6.45) is -0.0942. The van der Waals surface area contributed by atoms with E-state index in [0.717, 1.165) is 28.0 Å². The van der Waals surface area contributed by atoms with Gasteiger partial charge in [0.05, 0.1) is 12.1 Å². The molecule has 1 aliphatic heterocycles. The number of hydrogen-bond acceptors (Lipinski definition) is 5. The lowest BCUT2D eigenvalue weighted by Crippen LogP contribution is -2.39. The second-order valence-corrected chi connectivity index (χ2v) is 7.31. The highest BCUT2D eigenvalue weighted by Gasteiger charge is 2.20. The SMILES string of the molecule is COCCn1c(=O)c(CNC[C@H]2COc3ccccc3O2)cc2cc(C)ccc21. The van der Waals surface area contributed by atoms with Crippen LogP contribution in [0, 0.1) is 6.92 Å². The van der Waals surface area contributed by atoms with Crippen LogP contribution in [0.25, 0.3) is 10.9 Å². The molecule has 0 spiro atoms. The van der Waals surface area contributed by atoms with Crippen LogP contribution in [0.3, 0.4) is 0 Å². The maximum atomic E-state index is 13.0. The third kappa shape index (κ3) is 4.28.